The number of carbonyl (C=O) groups excluding carboxylic acids is 3. The second-order valence-corrected chi connectivity index (χ2v) is 41.9. The minimum absolute atomic E-state index is 0. The quantitative estimate of drug-likeness (QED) is 0.0212. The Hall–Kier alpha value is -10.3. The van der Waals surface area contributed by atoms with E-state index in [0.29, 0.717) is 145 Å². The standard InChI is InChI=1S/C21H17ClN4O2.C20H16ClF3N4O5S.C11H14N2O2.C9H7ClN2O.C8H4Cl2N2O.C8H5ClN2O.C5H10Si.3CH4.BBr3/c1-2-14-5-8-18-17(19(14)22)13-23-21(25-18)24-16-6-3-15(4-7-16)20(27)26-9-11-28-12-10-26;21-17-14-11-25-19(27-15(14)5-6-16(17)33-34(30,31)20(22,23)24)26-13-3-1-12(2-4-13)18(29)28-7-9-32-10-8-28;12-10-3-1-9(2-4-10)11(14)13-5-7-15-8-6-13;1-13-7-2-3-8-6(4-7)5-11-9(10)12-8;9-7-4-3-11-8(10)12-5(4)1-2-6(7)13;9-8-10-4-5-3-6(12)1-2-7(5)11-8;1-5-6(2,3)4;;;;2-1(3)4/h1,3-8,13H,9-12H2,(H,23,24,25);1-6,11H,7-10H2,(H,25,26,27);1-4H,5-8,12H2;2-5H,1H3;1-3,13H;1-4,12H;1H,2-4H3;3*1H4;. The number of aromatic nitrogens is 10. The first-order valence-electron chi connectivity index (χ1n) is 36.9. The Morgan fingerprint density at radius 2 is 0.875 bits per heavy atom. The van der Waals surface area contributed by atoms with Crippen molar-refractivity contribution in [2.45, 2.75) is 47.4 Å². The van der Waals surface area contributed by atoms with E-state index in [9.17, 15) is 41.1 Å². The van der Waals surface area contributed by atoms with Gasteiger partial charge in [-0.1, -0.05) is 82.6 Å². The molecule has 28 nitrogen and oxygen atoms in total. The molecule has 0 aliphatic carbocycles. The number of phenolic OH excluding ortho intramolecular Hbond substituents is 2. The minimum atomic E-state index is -5.88. The smallest absolute Gasteiger partial charge is 0.508 e. The van der Waals surface area contributed by atoms with Crippen LogP contribution in [0.4, 0.5) is 42.1 Å². The lowest BCUT2D eigenvalue weighted by Gasteiger charge is -2.26. The van der Waals surface area contributed by atoms with E-state index in [2.05, 4.69) is 143 Å². The second-order valence-electron chi connectivity index (χ2n) is 27.0. The van der Waals surface area contributed by atoms with Gasteiger partial charge in [-0.2, -0.15) is 21.6 Å². The van der Waals surface area contributed by atoms with Gasteiger partial charge in [-0.25, -0.2) is 49.8 Å². The normalized spacial score (nSPS) is 12.7. The van der Waals surface area contributed by atoms with Crippen molar-refractivity contribution in [1.29, 1.82) is 0 Å². The van der Waals surface area contributed by atoms with E-state index in [1.807, 2.05) is 36.4 Å². The number of terminal acetylenes is 2. The highest BCUT2D eigenvalue weighted by molar-refractivity contribution is 9.69. The molecule has 128 heavy (non-hydrogen) atoms. The largest absolute Gasteiger partial charge is 0.534 e. The fraction of sp³-hybridized carbons (Fsp3) is 0.235. The molecule has 0 bridgehead atoms. The van der Waals surface area contributed by atoms with Crippen molar-refractivity contribution in [3.8, 4) is 47.3 Å². The van der Waals surface area contributed by atoms with Crippen LogP contribution < -0.4 is 25.3 Å². The van der Waals surface area contributed by atoms with E-state index in [0.717, 1.165) is 39.3 Å². The van der Waals surface area contributed by atoms with Crippen LogP contribution in [0.5, 0.6) is 23.0 Å². The summed E-state index contributed by atoms with van der Waals surface area (Å²) in [5, 5.41) is 28.5. The molecule has 3 saturated heterocycles. The van der Waals surface area contributed by atoms with Gasteiger partial charge in [0.1, 0.15) is 25.3 Å². The Kier molecular flexibility index (Phi) is 42.1. The van der Waals surface area contributed by atoms with Crippen molar-refractivity contribution in [1.82, 2.24) is 64.5 Å². The van der Waals surface area contributed by atoms with E-state index >= 15 is 0 Å². The zero-order valence-electron chi connectivity index (χ0n) is 66.3. The molecule has 0 atom stereocenters. The van der Waals surface area contributed by atoms with Crippen LogP contribution in [0.15, 0.2) is 177 Å². The summed E-state index contributed by atoms with van der Waals surface area (Å²) in [6, 6.07) is 40.2. The molecule has 3 amide bonds. The molecule has 5 aromatic heterocycles. The van der Waals surface area contributed by atoms with E-state index < -0.39 is 29.4 Å². The lowest BCUT2D eigenvalue weighted by molar-refractivity contribution is -0.0500. The Balaban J connectivity index is 0.000000241. The molecule has 0 saturated carbocycles. The van der Waals surface area contributed by atoms with Crippen LogP contribution in [-0.4, -0.2) is 204 Å². The summed E-state index contributed by atoms with van der Waals surface area (Å²) in [6.07, 6.45) is 18.1. The number of nitrogen functional groups attached to an aromatic ring is 1. The number of carbonyl (C=O) groups is 3. The lowest BCUT2D eigenvalue weighted by atomic mass is 10.1. The molecule has 0 radical (unpaired) electrons. The minimum Gasteiger partial charge on any atom is -0.508 e. The number of fused-ring (bicyclic) bond motifs is 5. The molecule has 0 spiro atoms. The molecule has 16 rings (SSSR count). The van der Waals surface area contributed by atoms with Gasteiger partial charge in [-0.05, 0) is 180 Å². The number of morpholine rings is 3. The molecule has 6 N–H and O–H groups in total. The Bertz CT molecular complexity index is 6120. The van der Waals surface area contributed by atoms with Crippen molar-refractivity contribution < 1.29 is 69.3 Å². The fourth-order valence-electron chi connectivity index (χ4n) is 10.9. The number of rotatable bonds is 10. The van der Waals surface area contributed by atoms with Gasteiger partial charge in [0, 0.05) is 136 Å². The summed E-state index contributed by atoms with van der Waals surface area (Å²) in [5.41, 5.74) is 10.3. The third-order valence-corrected chi connectivity index (χ3v) is 20.8. The second kappa shape index (κ2) is 50.6. The Morgan fingerprint density at radius 3 is 1.30 bits per heavy atom. The molecule has 43 heteroatoms. The number of phenols is 2. The predicted molar refractivity (Wildman–Crippen MR) is 517 cm³/mol. The van der Waals surface area contributed by atoms with Gasteiger partial charge in [-0.3, -0.25) is 14.4 Å². The highest BCUT2D eigenvalue weighted by Crippen LogP contribution is 2.37. The van der Waals surface area contributed by atoms with Gasteiger partial charge in [0.2, 0.25) is 27.7 Å². The number of ether oxygens (including phenoxy) is 4. The van der Waals surface area contributed by atoms with Gasteiger partial charge in [-0.15, -0.1) is 65.7 Å². The van der Waals surface area contributed by atoms with E-state index in [1.165, 1.54) is 24.5 Å². The summed E-state index contributed by atoms with van der Waals surface area (Å²) in [7, 11) is -5.36. The van der Waals surface area contributed by atoms with Gasteiger partial charge in [0.15, 0.2) is 5.75 Å². The number of nitrogens with one attached hydrogen (secondary N) is 2. The molecular weight excluding hydrogens is 2020 g/mol. The summed E-state index contributed by atoms with van der Waals surface area (Å²) in [5.74, 6) is 3.39. The summed E-state index contributed by atoms with van der Waals surface area (Å²) < 4.78 is 85.4. The van der Waals surface area contributed by atoms with Crippen molar-refractivity contribution in [2.75, 3.05) is 102 Å². The molecule has 674 valence electrons. The fourth-order valence-corrected chi connectivity index (χ4v) is 12.5. The SMILES string of the molecule is BrB(Br)Br.C.C.C.C#C[Si](C)(C)C.C#Cc1ccc2nc(Nc3ccc(C(=O)N4CCOCC4)cc3)ncc2c1Cl.COc1ccc2nc(Cl)ncc2c1.Nc1ccc(C(=O)N2CCOCC2)cc1.O=C(c1ccc(Nc2ncc3c(Cl)c(OS(=O)(=O)C(F)(F)F)ccc3n2)cc1)N1CCOCC1.Oc1ccc2nc(Cl)ncc2c1.Oc1ccc2nc(Cl)ncc2c1Cl. The van der Waals surface area contributed by atoms with Crippen molar-refractivity contribution in [3.63, 3.8) is 0 Å². The maximum absolute atomic E-state index is 12.6. The number of benzene rings is 8. The van der Waals surface area contributed by atoms with Crippen molar-refractivity contribution >= 4 is 239 Å². The first kappa shape index (κ1) is 106. The highest BCUT2D eigenvalue weighted by atomic mass is 79.9. The van der Waals surface area contributed by atoms with E-state index in [4.69, 9.17) is 112 Å². The summed E-state index contributed by atoms with van der Waals surface area (Å²) in [6.45, 7) is 13.5. The van der Waals surface area contributed by atoms with E-state index in [1.54, 1.807) is 131 Å². The number of nitrogens with two attached hydrogens (primary N) is 1. The number of hydrogen-bond acceptors (Lipinski definition) is 25. The van der Waals surface area contributed by atoms with Crippen molar-refractivity contribution in [3.05, 3.63) is 230 Å². The molecule has 13 aromatic rings. The third kappa shape index (κ3) is 31.8. The van der Waals surface area contributed by atoms with Gasteiger partial charge >= 0.3 is 18.8 Å². The first-order valence-corrected chi connectivity index (χ1v) is 46.8. The maximum atomic E-state index is 12.6. The maximum Gasteiger partial charge on any atom is 0.534 e. The van der Waals surface area contributed by atoms with Crippen LogP contribution in [-0.2, 0) is 24.3 Å². The van der Waals surface area contributed by atoms with Crippen molar-refractivity contribution in [2.24, 2.45) is 0 Å². The monoisotopic (exact) mass is 2100 g/mol. The molecule has 3 aliphatic heterocycles. The Labute approximate surface area is 793 Å². The average molecular weight is 2100 g/mol. The van der Waals surface area contributed by atoms with Crippen LogP contribution in [0.25, 0.3) is 54.5 Å². The van der Waals surface area contributed by atoms with Gasteiger partial charge in [0.25, 0.3) is 17.7 Å². The lowest BCUT2D eigenvalue weighted by Crippen LogP contribution is -2.40. The van der Waals surface area contributed by atoms with Crippen LogP contribution in [0.3, 0.4) is 0 Å². The van der Waals surface area contributed by atoms with Gasteiger partial charge in [0.05, 0.1) is 89.4 Å². The predicted octanol–water partition coefficient (Wildman–Crippen LogP) is 20.4. The zero-order valence-corrected chi connectivity index (χ0v) is 77.4. The van der Waals surface area contributed by atoms with Crippen LogP contribution in [0, 0.1) is 24.3 Å². The number of halogens is 12. The number of methoxy groups -OCH3 is 1. The number of anilines is 5. The van der Waals surface area contributed by atoms with Crippen LogP contribution >= 0.6 is 117 Å². The Morgan fingerprint density at radius 1 is 0.516 bits per heavy atom. The van der Waals surface area contributed by atoms with E-state index in [-0.39, 0.29) is 97.4 Å². The van der Waals surface area contributed by atoms with Crippen LogP contribution in [0.1, 0.15) is 58.9 Å². The number of nitrogens with zero attached hydrogens (tertiary/aromatic N) is 13. The highest BCUT2D eigenvalue weighted by Gasteiger charge is 2.49. The topological polar surface area (TPSA) is 361 Å². The van der Waals surface area contributed by atoms with Gasteiger partial charge < -0.3 is 64.4 Å². The number of amides is 3. The summed E-state index contributed by atoms with van der Waals surface area (Å²) in [4.78, 5) is 82.7. The molecule has 8 heterocycles. The van der Waals surface area contributed by atoms with Crippen LogP contribution in [0.2, 0.25) is 50.6 Å². The zero-order chi connectivity index (χ0) is 90.7. The third-order valence-electron chi connectivity index (χ3n) is 17.2. The number of alkyl halides is 3. The average Bonchev–Trinajstić information content (AvgIpc) is 0.780. The first-order chi connectivity index (χ1) is 59.5. The number of aromatic hydroxyl groups is 2. The molecule has 3 fully saturated rings. The number of hydrogen-bond donors (Lipinski definition) is 5. The molecular formula is C85H85BBr3Cl6F3N16O12SSi. The molecule has 3 aliphatic rings. The molecule has 0 unspecified atom stereocenters. The molecule has 8 aromatic carbocycles. The summed E-state index contributed by atoms with van der Waals surface area (Å²) >= 11 is 44.2.